The van der Waals surface area contributed by atoms with Gasteiger partial charge in [-0.1, -0.05) is 17.7 Å². The minimum Gasteiger partial charge on any atom is -0.360 e. The van der Waals surface area contributed by atoms with E-state index in [4.69, 9.17) is 11.6 Å². The van der Waals surface area contributed by atoms with Crippen molar-refractivity contribution in [3.8, 4) is 0 Å². The van der Waals surface area contributed by atoms with Crippen molar-refractivity contribution in [2.75, 3.05) is 0 Å². The lowest BCUT2D eigenvalue weighted by atomic mass is 9.98. The van der Waals surface area contributed by atoms with Crippen LogP contribution < -0.4 is 0 Å². The summed E-state index contributed by atoms with van der Waals surface area (Å²) in [7, 11) is 0. The van der Waals surface area contributed by atoms with Crippen LogP contribution in [0.3, 0.4) is 0 Å². The third kappa shape index (κ3) is 2.12. The van der Waals surface area contributed by atoms with Gasteiger partial charge in [-0.2, -0.15) is 0 Å². The summed E-state index contributed by atoms with van der Waals surface area (Å²) in [6.07, 6.45) is 6.46. The Labute approximate surface area is 131 Å². The average molecular weight is 316 g/mol. The Kier molecular flexibility index (Phi) is 3.12. The van der Waals surface area contributed by atoms with Gasteiger partial charge in [0.25, 0.3) is 0 Å². The highest BCUT2D eigenvalue weighted by molar-refractivity contribution is 7.14. The van der Waals surface area contributed by atoms with Gasteiger partial charge in [-0.3, -0.25) is 4.79 Å². The summed E-state index contributed by atoms with van der Waals surface area (Å²) in [5, 5.41) is 1.45. The van der Waals surface area contributed by atoms with Gasteiger partial charge in [0.05, 0.1) is 15.5 Å². The van der Waals surface area contributed by atoms with Gasteiger partial charge < -0.3 is 4.98 Å². The van der Waals surface area contributed by atoms with Crippen LogP contribution in [0.4, 0.5) is 0 Å². The molecular formula is C17H14ClNOS. The third-order valence-corrected chi connectivity index (χ3v) is 5.67. The van der Waals surface area contributed by atoms with Gasteiger partial charge in [-0.25, -0.2) is 0 Å². The Bertz CT molecular complexity index is 822. The normalized spacial score (nSPS) is 14.3. The maximum atomic E-state index is 12.8. The number of aromatic nitrogens is 1. The molecule has 0 atom stereocenters. The van der Waals surface area contributed by atoms with Crippen LogP contribution in [0.15, 0.2) is 30.5 Å². The number of halogens is 1. The Morgan fingerprint density at radius 1 is 1.24 bits per heavy atom. The van der Waals surface area contributed by atoms with E-state index < -0.39 is 0 Å². The number of hydrogen-bond donors (Lipinski definition) is 1. The van der Waals surface area contributed by atoms with E-state index in [9.17, 15) is 4.79 Å². The molecule has 1 aromatic carbocycles. The molecule has 0 amide bonds. The molecule has 0 radical (unpaired) electrons. The van der Waals surface area contributed by atoms with Crippen molar-refractivity contribution in [3.05, 3.63) is 56.4 Å². The topological polar surface area (TPSA) is 32.9 Å². The number of nitrogens with one attached hydrogen (secondary N) is 1. The Morgan fingerprint density at radius 2 is 2.10 bits per heavy atom. The minimum atomic E-state index is 0.0775. The van der Waals surface area contributed by atoms with Crippen LogP contribution in [-0.2, 0) is 12.8 Å². The molecule has 0 saturated carbocycles. The van der Waals surface area contributed by atoms with Gasteiger partial charge in [-0.15, -0.1) is 11.3 Å². The van der Waals surface area contributed by atoms with Crippen molar-refractivity contribution in [1.29, 1.82) is 0 Å². The first kappa shape index (κ1) is 13.1. The lowest BCUT2D eigenvalue weighted by molar-refractivity contribution is 0.104. The number of carbonyl (C=O) groups excluding carboxylic acids is 1. The zero-order valence-electron chi connectivity index (χ0n) is 11.4. The molecule has 0 spiro atoms. The average Bonchev–Trinajstić information content (AvgIpc) is 3.11. The van der Waals surface area contributed by atoms with E-state index in [1.54, 1.807) is 17.5 Å². The third-order valence-electron chi connectivity index (χ3n) is 4.12. The zero-order valence-corrected chi connectivity index (χ0v) is 13.0. The number of ketones is 1. The lowest BCUT2D eigenvalue weighted by Crippen LogP contribution is -1.98. The fraction of sp³-hybridized carbons (Fsp3) is 0.235. The molecule has 2 aromatic heterocycles. The second kappa shape index (κ2) is 5.00. The molecule has 4 rings (SSSR count). The van der Waals surface area contributed by atoms with Crippen molar-refractivity contribution in [2.45, 2.75) is 25.7 Å². The van der Waals surface area contributed by atoms with Crippen molar-refractivity contribution >= 4 is 39.6 Å². The smallest absolute Gasteiger partial charge is 0.205 e. The number of rotatable bonds is 2. The van der Waals surface area contributed by atoms with Crippen molar-refractivity contribution in [1.82, 2.24) is 4.98 Å². The molecule has 1 aliphatic carbocycles. The van der Waals surface area contributed by atoms with Crippen LogP contribution in [0, 0.1) is 0 Å². The van der Waals surface area contributed by atoms with E-state index in [2.05, 4.69) is 11.1 Å². The van der Waals surface area contributed by atoms with E-state index in [1.807, 2.05) is 18.2 Å². The van der Waals surface area contributed by atoms with E-state index in [1.165, 1.54) is 23.3 Å². The number of thiophene rings is 1. The molecule has 1 N–H and O–H groups in total. The van der Waals surface area contributed by atoms with Gasteiger partial charge in [-0.05, 0) is 49.4 Å². The quantitative estimate of drug-likeness (QED) is 0.664. The fourth-order valence-electron chi connectivity index (χ4n) is 3.05. The molecule has 2 nitrogen and oxygen atoms in total. The summed E-state index contributed by atoms with van der Waals surface area (Å²) >= 11 is 7.92. The number of hydrogen-bond acceptors (Lipinski definition) is 2. The van der Waals surface area contributed by atoms with Gasteiger partial charge in [0, 0.05) is 22.0 Å². The molecule has 106 valence electrons. The molecule has 0 saturated heterocycles. The van der Waals surface area contributed by atoms with Crippen molar-refractivity contribution in [3.63, 3.8) is 0 Å². The molecule has 0 fully saturated rings. The number of carbonyl (C=O) groups is 1. The predicted octanol–water partition coefficient (Wildman–Crippen LogP) is 4.99. The number of H-pyrrole nitrogens is 1. The van der Waals surface area contributed by atoms with Gasteiger partial charge in [0.2, 0.25) is 5.78 Å². The number of benzene rings is 1. The summed E-state index contributed by atoms with van der Waals surface area (Å²) in [6, 6.07) is 7.74. The molecule has 21 heavy (non-hydrogen) atoms. The molecule has 3 aromatic rings. The number of aromatic amines is 1. The first-order valence-electron chi connectivity index (χ1n) is 7.16. The first-order chi connectivity index (χ1) is 10.2. The summed E-state index contributed by atoms with van der Waals surface area (Å²) in [5.41, 5.74) is 2.95. The standard InChI is InChI=1S/C17H14ClNOS/c18-12-5-3-6-13-16(12)11(9-19-13)17(20)15-8-10-4-1-2-7-14(10)21-15/h3,5-6,8-9,19H,1-2,4,7H2. The molecule has 4 heteroatoms. The van der Waals surface area contributed by atoms with E-state index in [0.717, 1.165) is 28.6 Å². The molecule has 0 unspecified atom stereocenters. The number of fused-ring (bicyclic) bond motifs is 2. The summed E-state index contributed by atoms with van der Waals surface area (Å²) in [6.45, 7) is 0. The summed E-state index contributed by atoms with van der Waals surface area (Å²) in [4.78, 5) is 18.2. The van der Waals surface area contributed by atoms with Crippen LogP contribution in [0.1, 0.15) is 38.5 Å². The van der Waals surface area contributed by atoms with E-state index in [-0.39, 0.29) is 5.78 Å². The highest BCUT2D eigenvalue weighted by atomic mass is 35.5. The van der Waals surface area contributed by atoms with Crippen LogP contribution in [0.2, 0.25) is 5.02 Å². The lowest BCUT2D eigenvalue weighted by Gasteiger charge is -2.08. The largest absolute Gasteiger partial charge is 0.360 e. The molecule has 1 aliphatic rings. The Balaban J connectivity index is 1.81. The Morgan fingerprint density at radius 3 is 2.95 bits per heavy atom. The van der Waals surface area contributed by atoms with Gasteiger partial charge in [0.1, 0.15) is 0 Å². The minimum absolute atomic E-state index is 0.0775. The summed E-state index contributed by atoms with van der Waals surface area (Å²) < 4.78 is 0. The van der Waals surface area contributed by atoms with Crippen LogP contribution >= 0.6 is 22.9 Å². The molecule has 0 bridgehead atoms. The highest BCUT2D eigenvalue weighted by Crippen LogP contribution is 2.33. The van der Waals surface area contributed by atoms with Gasteiger partial charge >= 0.3 is 0 Å². The second-order valence-corrected chi connectivity index (χ2v) is 7.00. The van der Waals surface area contributed by atoms with Crippen molar-refractivity contribution < 1.29 is 4.79 Å². The Hall–Kier alpha value is -1.58. The first-order valence-corrected chi connectivity index (χ1v) is 8.35. The van der Waals surface area contributed by atoms with E-state index >= 15 is 0 Å². The monoisotopic (exact) mass is 315 g/mol. The molecule has 0 aliphatic heterocycles. The van der Waals surface area contributed by atoms with Crippen LogP contribution in [-0.4, -0.2) is 10.8 Å². The maximum absolute atomic E-state index is 12.8. The number of aryl methyl sites for hydroxylation is 2. The van der Waals surface area contributed by atoms with Crippen LogP contribution in [0.5, 0.6) is 0 Å². The molecule has 2 heterocycles. The van der Waals surface area contributed by atoms with Crippen molar-refractivity contribution in [2.24, 2.45) is 0 Å². The van der Waals surface area contributed by atoms with Gasteiger partial charge in [0.15, 0.2) is 0 Å². The highest BCUT2D eigenvalue weighted by Gasteiger charge is 2.21. The maximum Gasteiger partial charge on any atom is 0.205 e. The molecular weight excluding hydrogens is 302 g/mol. The SMILES string of the molecule is O=C(c1cc2c(s1)CCCC2)c1c[nH]c2cccc(Cl)c12. The van der Waals surface area contributed by atoms with E-state index in [0.29, 0.717) is 10.6 Å². The zero-order chi connectivity index (χ0) is 14.4. The fourth-order valence-corrected chi connectivity index (χ4v) is 4.54. The van der Waals surface area contributed by atoms with Crippen LogP contribution in [0.25, 0.3) is 10.9 Å². The summed E-state index contributed by atoms with van der Waals surface area (Å²) in [5.74, 6) is 0.0775. The second-order valence-electron chi connectivity index (χ2n) is 5.46. The predicted molar refractivity (Wildman–Crippen MR) is 87.7 cm³/mol.